The number of carbonyl (C=O) groups excluding carboxylic acids is 1. The average Bonchev–Trinajstić information content (AvgIpc) is 3.40. The van der Waals surface area contributed by atoms with E-state index in [1.54, 1.807) is 19.2 Å². The number of nitrogens with zero attached hydrogens (tertiary/aromatic N) is 2. The smallest absolute Gasteiger partial charge is 0.298 e. The second kappa shape index (κ2) is 11.7. The minimum absolute atomic E-state index is 0.191. The normalized spacial score (nSPS) is 10.8. The first-order valence-electron chi connectivity index (χ1n) is 12.2. The lowest BCUT2D eigenvalue weighted by Gasteiger charge is -2.20. The number of aryl methyl sites for hydroxylation is 1. The molecule has 6 nitrogen and oxygen atoms in total. The summed E-state index contributed by atoms with van der Waals surface area (Å²) in [6.45, 7) is 1.94. The quantitative estimate of drug-likeness (QED) is 0.232. The Labute approximate surface area is 226 Å². The molecule has 1 aromatic heterocycles. The standard InChI is InChI=1S/C31H27N3O3S/c1-21-16-17-25(30(35)33-29(23-11-5-3-6-12-23)24-13-7-4-8-14-24)20-27(21)37-31-32-28(34-38-31)19-22-10-9-15-26(18-22)36-2/h3-18,20,29H,19H2,1-2H3,(H,33,35). The van der Waals surface area contributed by atoms with Crippen molar-refractivity contribution in [3.05, 3.63) is 137 Å². The molecule has 0 radical (unpaired) electrons. The van der Waals surface area contributed by atoms with E-state index in [1.807, 2.05) is 97.9 Å². The summed E-state index contributed by atoms with van der Waals surface area (Å²) in [5.74, 6) is 1.83. The number of rotatable bonds is 9. The van der Waals surface area contributed by atoms with Crippen LogP contribution in [0.1, 0.15) is 44.5 Å². The zero-order valence-corrected chi connectivity index (χ0v) is 21.9. The van der Waals surface area contributed by atoms with Crippen LogP contribution in [0.15, 0.2) is 103 Å². The van der Waals surface area contributed by atoms with Crippen molar-refractivity contribution < 1.29 is 14.3 Å². The van der Waals surface area contributed by atoms with Crippen molar-refractivity contribution >= 4 is 17.4 Å². The Bertz CT molecular complexity index is 1480. The second-order valence-corrected chi connectivity index (χ2v) is 9.53. The lowest BCUT2D eigenvalue weighted by molar-refractivity contribution is 0.0942. The number of aromatic nitrogens is 2. The molecule has 0 aliphatic carbocycles. The Morgan fingerprint density at radius 3 is 2.29 bits per heavy atom. The first-order chi connectivity index (χ1) is 18.6. The van der Waals surface area contributed by atoms with E-state index in [0.717, 1.165) is 28.0 Å². The van der Waals surface area contributed by atoms with Gasteiger partial charge in [-0.15, -0.1) is 0 Å². The van der Waals surface area contributed by atoms with Gasteiger partial charge in [-0.05, 0) is 53.4 Å². The molecule has 0 saturated heterocycles. The van der Waals surface area contributed by atoms with Crippen LogP contribution in [-0.2, 0) is 6.42 Å². The summed E-state index contributed by atoms with van der Waals surface area (Å²) in [5, 5.41) is 3.61. The minimum atomic E-state index is -0.280. The molecule has 1 amide bonds. The molecule has 0 atom stereocenters. The molecule has 5 rings (SSSR count). The van der Waals surface area contributed by atoms with Crippen molar-refractivity contribution in [3.8, 4) is 16.7 Å². The summed E-state index contributed by atoms with van der Waals surface area (Å²) in [5.41, 5.74) is 4.47. The fraction of sp³-hybridized carbons (Fsp3) is 0.129. The van der Waals surface area contributed by atoms with Crippen LogP contribution in [-0.4, -0.2) is 22.4 Å². The van der Waals surface area contributed by atoms with Gasteiger partial charge in [0.05, 0.1) is 13.2 Å². The van der Waals surface area contributed by atoms with E-state index in [4.69, 9.17) is 9.47 Å². The van der Waals surface area contributed by atoms with Gasteiger partial charge in [0.25, 0.3) is 11.1 Å². The van der Waals surface area contributed by atoms with E-state index < -0.39 is 0 Å². The molecule has 0 spiro atoms. The molecule has 5 aromatic rings. The average molecular weight is 522 g/mol. The summed E-state index contributed by atoms with van der Waals surface area (Å²) in [7, 11) is 1.65. The van der Waals surface area contributed by atoms with Crippen LogP contribution >= 0.6 is 11.5 Å². The number of nitrogens with one attached hydrogen (secondary N) is 1. The van der Waals surface area contributed by atoms with Crippen LogP contribution in [0.25, 0.3) is 0 Å². The monoisotopic (exact) mass is 521 g/mol. The summed E-state index contributed by atoms with van der Waals surface area (Å²) in [6, 6.07) is 32.8. The Hall–Kier alpha value is -4.49. The number of amides is 1. The fourth-order valence-electron chi connectivity index (χ4n) is 4.13. The van der Waals surface area contributed by atoms with Crippen LogP contribution in [0.3, 0.4) is 0 Å². The van der Waals surface area contributed by atoms with Crippen LogP contribution in [0.2, 0.25) is 0 Å². The van der Waals surface area contributed by atoms with E-state index in [9.17, 15) is 4.79 Å². The lowest BCUT2D eigenvalue weighted by atomic mass is 9.98. The SMILES string of the molecule is COc1cccc(Cc2nsc(Oc3cc(C(=O)NC(c4ccccc4)c4ccccc4)ccc3C)n2)c1. The van der Waals surface area contributed by atoms with E-state index >= 15 is 0 Å². The van der Waals surface area contributed by atoms with E-state index in [2.05, 4.69) is 14.7 Å². The van der Waals surface area contributed by atoms with Crippen molar-refractivity contribution in [2.24, 2.45) is 0 Å². The third kappa shape index (κ3) is 6.07. The fourth-order valence-corrected chi connectivity index (χ4v) is 4.69. The van der Waals surface area contributed by atoms with Gasteiger partial charge in [0.1, 0.15) is 11.5 Å². The Kier molecular flexibility index (Phi) is 7.75. The van der Waals surface area contributed by atoms with Gasteiger partial charge in [0.2, 0.25) is 0 Å². The highest BCUT2D eigenvalue weighted by molar-refractivity contribution is 7.07. The Morgan fingerprint density at radius 1 is 0.895 bits per heavy atom. The molecular formula is C31H27N3O3S. The zero-order valence-electron chi connectivity index (χ0n) is 21.1. The summed E-state index contributed by atoms with van der Waals surface area (Å²) in [4.78, 5) is 17.9. The zero-order chi connectivity index (χ0) is 26.3. The molecule has 0 aliphatic heterocycles. The predicted octanol–water partition coefficient (Wildman–Crippen LogP) is 6.76. The Balaban J connectivity index is 1.32. The molecule has 4 aromatic carbocycles. The highest BCUT2D eigenvalue weighted by Gasteiger charge is 2.19. The van der Waals surface area contributed by atoms with E-state index in [1.165, 1.54) is 11.5 Å². The first kappa shape index (κ1) is 25.2. The molecule has 0 bridgehead atoms. The maximum absolute atomic E-state index is 13.4. The van der Waals surface area contributed by atoms with Crippen LogP contribution in [0.4, 0.5) is 0 Å². The number of benzene rings is 4. The van der Waals surface area contributed by atoms with E-state index in [0.29, 0.717) is 28.8 Å². The van der Waals surface area contributed by atoms with Crippen molar-refractivity contribution in [2.75, 3.05) is 7.11 Å². The van der Waals surface area contributed by atoms with Gasteiger partial charge >= 0.3 is 0 Å². The van der Waals surface area contributed by atoms with Crippen LogP contribution < -0.4 is 14.8 Å². The lowest BCUT2D eigenvalue weighted by Crippen LogP contribution is -2.29. The van der Waals surface area contributed by atoms with Gasteiger partial charge in [0, 0.05) is 23.5 Å². The van der Waals surface area contributed by atoms with Crippen LogP contribution in [0.5, 0.6) is 16.7 Å². The molecule has 190 valence electrons. The summed E-state index contributed by atoms with van der Waals surface area (Å²) in [6.07, 6.45) is 0.568. The number of ether oxygens (including phenoxy) is 2. The van der Waals surface area contributed by atoms with Gasteiger partial charge < -0.3 is 14.8 Å². The summed E-state index contributed by atoms with van der Waals surface area (Å²) >= 11 is 1.19. The maximum Gasteiger partial charge on any atom is 0.298 e. The van der Waals surface area contributed by atoms with Crippen molar-refractivity contribution in [1.29, 1.82) is 0 Å². The molecule has 7 heteroatoms. The number of carbonyl (C=O) groups is 1. The van der Waals surface area contributed by atoms with Crippen molar-refractivity contribution in [3.63, 3.8) is 0 Å². The molecular weight excluding hydrogens is 494 g/mol. The third-order valence-corrected chi connectivity index (χ3v) is 6.77. The molecule has 0 fully saturated rings. The molecule has 0 unspecified atom stereocenters. The molecule has 1 heterocycles. The van der Waals surface area contributed by atoms with Gasteiger partial charge in [0.15, 0.2) is 5.82 Å². The number of methoxy groups -OCH3 is 1. The Morgan fingerprint density at radius 2 is 1.61 bits per heavy atom. The largest absolute Gasteiger partial charge is 0.497 e. The predicted molar refractivity (Wildman–Crippen MR) is 149 cm³/mol. The first-order valence-corrected chi connectivity index (χ1v) is 13.0. The highest BCUT2D eigenvalue weighted by Crippen LogP contribution is 2.29. The van der Waals surface area contributed by atoms with Gasteiger partial charge in [-0.25, -0.2) is 0 Å². The highest BCUT2D eigenvalue weighted by atomic mass is 32.1. The third-order valence-electron chi connectivity index (χ3n) is 6.13. The summed E-state index contributed by atoms with van der Waals surface area (Å²) < 4.78 is 15.8. The molecule has 38 heavy (non-hydrogen) atoms. The van der Waals surface area contributed by atoms with Gasteiger partial charge in [-0.2, -0.15) is 9.36 Å². The second-order valence-electron chi connectivity index (χ2n) is 8.81. The van der Waals surface area contributed by atoms with E-state index in [-0.39, 0.29) is 11.9 Å². The molecule has 1 N–H and O–H groups in total. The van der Waals surface area contributed by atoms with Gasteiger partial charge in [-0.1, -0.05) is 78.9 Å². The minimum Gasteiger partial charge on any atom is -0.497 e. The molecule has 0 saturated carbocycles. The molecule has 0 aliphatic rings. The maximum atomic E-state index is 13.4. The van der Waals surface area contributed by atoms with Gasteiger partial charge in [-0.3, -0.25) is 4.79 Å². The topological polar surface area (TPSA) is 73.3 Å². The number of hydrogen-bond acceptors (Lipinski definition) is 6. The van der Waals surface area contributed by atoms with Crippen molar-refractivity contribution in [1.82, 2.24) is 14.7 Å². The van der Waals surface area contributed by atoms with Crippen molar-refractivity contribution in [2.45, 2.75) is 19.4 Å². The van der Waals surface area contributed by atoms with Crippen LogP contribution in [0, 0.1) is 6.92 Å². The number of hydrogen-bond donors (Lipinski definition) is 1.